The standard InChI is InChI=1S/C17H17NO4/c1-21-14-7-4-11(5-8-14)13-3-2-12-6-9-15(17(19)18-20)22-16(12)10-13/h2-5,7-8,10,15,20H,6,9H2,1H3,(H,18,19). The summed E-state index contributed by atoms with van der Waals surface area (Å²) in [6.45, 7) is 0. The molecule has 0 aliphatic carbocycles. The van der Waals surface area contributed by atoms with Gasteiger partial charge in [0.2, 0.25) is 0 Å². The van der Waals surface area contributed by atoms with E-state index in [1.54, 1.807) is 12.6 Å². The Morgan fingerprint density at radius 1 is 1.23 bits per heavy atom. The molecule has 22 heavy (non-hydrogen) atoms. The molecule has 1 aliphatic heterocycles. The van der Waals surface area contributed by atoms with Crippen LogP contribution in [0.4, 0.5) is 0 Å². The molecule has 1 atom stereocenters. The van der Waals surface area contributed by atoms with Gasteiger partial charge in [-0.05, 0) is 47.7 Å². The van der Waals surface area contributed by atoms with E-state index in [9.17, 15) is 4.79 Å². The van der Waals surface area contributed by atoms with Crippen LogP contribution in [-0.4, -0.2) is 24.3 Å². The molecule has 1 amide bonds. The number of hydroxylamine groups is 1. The maximum absolute atomic E-state index is 11.5. The van der Waals surface area contributed by atoms with Gasteiger partial charge in [-0.15, -0.1) is 0 Å². The Bertz CT molecular complexity index is 682. The molecular weight excluding hydrogens is 282 g/mol. The van der Waals surface area contributed by atoms with E-state index in [1.165, 1.54) is 0 Å². The minimum atomic E-state index is -0.649. The lowest BCUT2D eigenvalue weighted by Crippen LogP contribution is -2.38. The number of methoxy groups -OCH3 is 1. The summed E-state index contributed by atoms with van der Waals surface area (Å²) in [5, 5.41) is 8.73. The van der Waals surface area contributed by atoms with Gasteiger partial charge in [0.1, 0.15) is 11.5 Å². The first-order valence-corrected chi connectivity index (χ1v) is 7.09. The average Bonchev–Trinajstić information content (AvgIpc) is 2.60. The van der Waals surface area contributed by atoms with Crippen LogP contribution in [0.1, 0.15) is 12.0 Å². The molecule has 2 N–H and O–H groups in total. The summed E-state index contributed by atoms with van der Waals surface area (Å²) in [6.07, 6.45) is 0.654. The number of hydrogen-bond acceptors (Lipinski definition) is 4. The zero-order valence-corrected chi connectivity index (χ0v) is 12.2. The number of nitrogens with one attached hydrogen (secondary N) is 1. The Kier molecular flexibility index (Phi) is 3.98. The minimum absolute atomic E-state index is 0.513. The van der Waals surface area contributed by atoms with Crippen molar-refractivity contribution in [2.75, 3.05) is 7.11 Å². The van der Waals surface area contributed by atoms with Crippen LogP contribution in [-0.2, 0) is 11.2 Å². The molecular formula is C17H17NO4. The van der Waals surface area contributed by atoms with Crippen molar-refractivity contribution in [3.63, 3.8) is 0 Å². The third-order valence-electron chi connectivity index (χ3n) is 3.84. The number of amides is 1. The topological polar surface area (TPSA) is 67.8 Å². The fourth-order valence-electron chi connectivity index (χ4n) is 2.59. The maximum atomic E-state index is 11.5. The van der Waals surface area contributed by atoms with E-state index in [1.807, 2.05) is 42.5 Å². The number of benzene rings is 2. The monoisotopic (exact) mass is 299 g/mol. The van der Waals surface area contributed by atoms with Crippen molar-refractivity contribution in [1.29, 1.82) is 0 Å². The number of aryl methyl sites for hydroxylation is 1. The number of fused-ring (bicyclic) bond motifs is 1. The van der Waals surface area contributed by atoms with Gasteiger partial charge in [0.25, 0.3) is 5.91 Å². The van der Waals surface area contributed by atoms with Crippen LogP contribution in [0.15, 0.2) is 42.5 Å². The van der Waals surface area contributed by atoms with Gasteiger partial charge in [-0.25, -0.2) is 5.48 Å². The zero-order chi connectivity index (χ0) is 15.5. The quantitative estimate of drug-likeness (QED) is 0.675. The highest BCUT2D eigenvalue weighted by atomic mass is 16.5. The van der Waals surface area contributed by atoms with Crippen LogP contribution < -0.4 is 15.0 Å². The highest BCUT2D eigenvalue weighted by Gasteiger charge is 2.26. The summed E-state index contributed by atoms with van der Waals surface area (Å²) in [6, 6.07) is 13.7. The molecule has 0 radical (unpaired) electrons. The molecule has 0 fully saturated rings. The van der Waals surface area contributed by atoms with Gasteiger partial charge in [0.05, 0.1) is 7.11 Å². The lowest BCUT2D eigenvalue weighted by atomic mass is 9.97. The molecule has 1 heterocycles. The Labute approximate surface area is 128 Å². The van der Waals surface area contributed by atoms with Gasteiger partial charge in [0, 0.05) is 0 Å². The van der Waals surface area contributed by atoms with Gasteiger partial charge in [-0.3, -0.25) is 10.0 Å². The third kappa shape index (κ3) is 2.76. The summed E-state index contributed by atoms with van der Waals surface area (Å²) >= 11 is 0. The Morgan fingerprint density at radius 2 is 1.95 bits per heavy atom. The van der Waals surface area contributed by atoms with Crippen LogP contribution in [0.25, 0.3) is 11.1 Å². The molecule has 0 spiro atoms. The van der Waals surface area contributed by atoms with Crippen LogP contribution in [0.3, 0.4) is 0 Å². The Morgan fingerprint density at radius 3 is 2.64 bits per heavy atom. The van der Waals surface area contributed by atoms with E-state index in [0.717, 1.165) is 28.9 Å². The Hall–Kier alpha value is -2.53. The molecule has 0 aromatic heterocycles. The lowest BCUT2D eigenvalue weighted by molar-refractivity contribution is -0.137. The first kappa shape index (κ1) is 14.4. The average molecular weight is 299 g/mol. The van der Waals surface area contributed by atoms with Crippen molar-refractivity contribution in [2.24, 2.45) is 0 Å². The number of carbonyl (C=O) groups is 1. The van der Waals surface area contributed by atoms with Crippen molar-refractivity contribution in [3.8, 4) is 22.6 Å². The summed E-state index contributed by atoms with van der Waals surface area (Å²) in [5.74, 6) is 0.978. The predicted octanol–water partition coefficient (Wildman–Crippen LogP) is 2.56. The number of carbonyl (C=O) groups excluding carboxylic acids is 1. The second-order valence-electron chi connectivity index (χ2n) is 5.17. The summed E-state index contributed by atoms with van der Waals surface area (Å²) in [5.41, 5.74) is 4.76. The maximum Gasteiger partial charge on any atom is 0.284 e. The molecule has 3 rings (SSSR count). The van der Waals surface area contributed by atoms with Crippen LogP contribution >= 0.6 is 0 Å². The molecule has 1 aliphatic rings. The molecule has 2 aromatic carbocycles. The van der Waals surface area contributed by atoms with Crippen molar-refractivity contribution in [2.45, 2.75) is 18.9 Å². The SMILES string of the molecule is COc1ccc(-c2ccc3c(c2)OC(C(=O)NO)CC3)cc1. The molecule has 0 bridgehead atoms. The fourth-order valence-corrected chi connectivity index (χ4v) is 2.59. The largest absolute Gasteiger partial charge is 0.497 e. The summed E-state index contributed by atoms with van der Waals surface area (Å²) < 4.78 is 10.9. The fraction of sp³-hybridized carbons (Fsp3) is 0.235. The van der Waals surface area contributed by atoms with E-state index < -0.39 is 12.0 Å². The highest BCUT2D eigenvalue weighted by molar-refractivity contribution is 5.80. The second kappa shape index (κ2) is 6.07. The van der Waals surface area contributed by atoms with Crippen LogP contribution in [0, 0.1) is 0 Å². The molecule has 5 nitrogen and oxygen atoms in total. The highest BCUT2D eigenvalue weighted by Crippen LogP contribution is 2.33. The molecule has 114 valence electrons. The van der Waals surface area contributed by atoms with Gasteiger partial charge in [0.15, 0.2) is 6.10 Å². The smallest absolute Gasteiger partial charge is 0.284 e. The van der Waals surface area contributed by atoms with Crippen LogP contribution in [0.5, 0.6) is 11.5 Å². The first-order valence-electron chi connectivity index (χ1n) is 7.09. The molecule has 5 heteroatoms. The molecule has 0 saturated carbocycles. The van der Waals surface area contributed by atoms with Crippen molar-refractivity contribution >= 4 is 5.91 Å². The second-order valence-corrected chi connectivity index (χ2v) is 5.17. The molecule has 1 unspecified atom stereocenters. The van der Waals surface area contributed by atoms with Crippen LogP contribution in [0.2, 0.25) is 0 Å². The molecule has 0 saturated heterocycles. The molecule has 2 aromatic rings. The van der Waals surface area contributed by atoms with Gasteiger partial charge in [-0.1, -0.05) is 24.3 Å². The predicted molar refractivity (Wildman–Crippen MR) is 81.1 cm³/mol. The van der Waals surface area contributed by atoms with Crippen molar-refractivity contribution < 1.29 is 19.5 Å². The minimum Gasteiger partial charge on any atom is -0.497 e. The lowest BCUT2D eigenvalue weighted by Gasteiger charge is -2.25. The van der Waals surface area contributed by atoms with E-state index in [0.29, 0.717) is 12.2 Å². The summed E-state index contributed by atoms with van der Waals surface area (Å²) in [7, 11) is 1.63. The van der Waals surface area contributed by atoms with Crippen molar-refractivity contribution in [1.82, 2.24) is 5.48 Å². The van der Waals surface area contributed by atoms with E-state index in [2.05, 4.69) is 0 Å². The number of ether oxygens (including phenoxy) is 2. The third-order valence-corrected chi connectivity index (χ3v) is 3.84. The Balaban J connectivity index is 1.88. The van der Waals surface area contributed by atoms with E-state index >= 15 is 0 Å². The summed E-state index contributed by atoms with van der Waals surface area (Å²) in [4.78, 5) is 11.5. The van der Waals surface area contributed by atoms with Crippen molar-refractivity contribution in [3.05, 3.63) is 48.0 Å². The van der Waals surface area contributed by atoms with Gasteiger partial charge < -0.3 is 9.47 Å². The van der Waals surface area contributed by atoms with Gasteiger partial charge in [-0.2, -0.15) is 0 Å². The normalized spacial score (nSPS) is 16.4. The van der Waals surface area contributed by atoms with E-state index in [4.69, 9.17) is 14.7 Å². The first-order chi connectivity index (χ1) is 10.7. The van der Waals surface area contributed by atoms with Gasteiger partial charge >= 0.3 is 0 Å². The number of rotatable bonds is 3. The number of hydrogen-bond donors (Lipinski definition) is 2. The zero-order valence-electron chi connectivity index (χ0n) is 12.2. The van der Waals surface area contributed by atoms with E-state index in [-0.39, 0.29) is 0 Å².